The highest BCUT2D eigenvalue weighted by molar-refractivity contribution is 5.40. The smallest absolute Gasteiger partial charge is 0.00977 e. The van der Waals surface area contributed by atoms with Crippen molar-refractivity contribution in [3.63, 3.8) is 0 Å². The lowest BCUT2D eigenvalue weighted by atomic mass is 9.60. The largest absolute Gasteiger partial charge is 0.103 e. The molecule has 2 aliphatic carbocycles. The minimum Gasteiger partial charge on any atom is -0.103 e. The minimum absolute atomic E-state index is 0.397. The Hall–Kier alpha value is -0.780. The van der Waals surface area contributed by atoms with Crippen LogP contribution in [0.3, 0.4) is 0 Å². The Morgan fingerprint density at radius 1 is 1.18 bits per heavy atom. The predicted molar refractivity (Wildman–Crippen MR) is 76.0 cm³/mol. The van der Waals surface area contributed by atoms with Gasteiger partial charge in [-0.2, -0.15) is 0 Å². The Kier molecular flexibility index (Phi) is 3.61. The van der Waals surface area contributed by atoms with Crippen molar-refractivity contribution in [3.05, 3.63) is 34.9 Å². The van der Waals surface area contributed by atoms with Crippen molar-refractivity contribution in [1.29, 1.82) is 0 Å². The van der Waals surface area contributed by atoms with Crippen LogP contribution in [-0.4, -0.2) is 0 Å². The zero-order chi connectivity index (χ0) is 12.5. The molecule has 0 aliphatic heterocycles. The average Bonchev–Trinajstić information content (AvgIpc) is 2.28. The molecular weight excluding hydrogens is 204 g/mol. The first-order valence-electron chi connectivity index (χ1n) is 7.08. The molecule has 0 aromatic carbocycles. The van der Waals surface area contributed by atoms with Crippen molar-refractivity contribution in [2.45, 2.75) is 65.7 Å². The fraction of sp³-hybridized carbons (Fsp3) is 0.647. The molecule has 1 atom stereocenters. The Balaban J connectivity index is 2.40. The number of hydrogen-bond donors (Lipinski definition) is 0. The van der Waals surface area contributed by atoms with Gasteiger partial charge in [-0.05, 0) is 58.8 Å². The van der Waals surface area contributed by atoms with Crippen LogP contribution in [0, 0.1) is 5.41 Å². The highest BCUT2D eigenvalue weighted by atomic mass is 14.4. The lowest BCUT2D eigenvalue weighted by Crippen LogP contribution is -2.30. The van der Waals surface area contributed by atoms with Gasteiger partial charge in [-0.3, -0.25) is 0 Å². The summed E-state index contributed by atoms with van der Waals surface area (Å²) >= 11 is 0. The van der Waals surface area contributed by atoms with Crippen molar-refractivity contribution in [1.82, 2.24) is 0 Å². The molecule has 2 rings (SSSR count). The van der Waals surface area contributed by atoms with Crippen LogP contribution in [0.25, 0.3) is 0 Å². The molecule has 1 unspecified atom stereocenters. The quantitative estimate of drug-likeness (QED) is 0.556. The summed E-state index contributed by atoms with van der Waals surface area (Å²) in [6.07, 6.45) is 11.1. The summed E-state index contributed by atoms with van der Waals surface area (Å²) in [5.41, 5.74) is 7.24. The van der Waals surface area contributed by atoms with Gasteiger partial charge in [0.1, 0.15) is 0 Å². The van der Waals surface area contributed by atoms with Crippen LogP contribution in [0.15, 0.2) is 34.9 Å². The molecule has 17 heavy (non-hydrogen) atoms. The van der Waals surface area contributed by atoms with E-state index in [1.165, 1.54) is 38.5 Å². The minimum atomic E-state index is 0.397. The van der Waals surface area contributed by atoms with Crippen molar-refractivity contribution in [2.24, 2.45) is 5.41 Å². The topological polar surface area (TPSA) is 0 Å². The Morgan fingerprint density at radius 2 is 1.94 bits per heavy atom. The summed E-state index contributed by atoms with van der Waals surface area (Å²) in [5.74, 6) is 0. The highest BCUT2D eigenvalue weighted by Crippen LogP contribution is 2.53. The van der Waals surface area contributed by atoms with E-state index in [-0.39, 0.29) is 0 Å². The third kappa shape index (κ3) is 2.14. The lowest BCUT2D eigenvalue weighted by molar-refractivity contribution is 0.351. The van der Waals surface area contributed by atoms with Gasteiger partial charge in [0.05, 0.1) is 0 Å². The van der Waals surface area contributed by atoms with Gasteiger partial charge in [0.2, 0.25) is 0 Å². The molecule has 0 saturated carbocycles. The average molecular weight is 230 g/mol. The molecule has 0 amide bonds. The van der Waals surface area contributed by atoms with Crippen LogP contribution in [0.1, 0.15) is 65.7 Å². The Morgan fingerprint density at radius 3 is 2.65 bits per heavy atom. The highest BCUT2D eigenvalue weighted by Gasteiger charge is 2.38. The second-order valence-corrected chi connectivity index (χ2v) is 6.03. The van der Waals surface area contributed by atoms with E-state index < -0.39 is 0 Å². The SMILES string of the molecule is C=CCCC1=C(C)CCC2=C(C)CCCC12C. The van der Waals surface area contributed by atoms with Gasteiger partial charge in [0.15, 0.2) is 0 Å². The molecule has 0 fully saturated rings. The van der Waals surface area contributed by atoms with Crippen molar-refractivity contribution < 1.29 is 0 Å². The summed E-state index contributed by atoms with van der Waals surface area (Å²) in [6, 6.07) is 0. The molecule has 94 valence electrons. The molecule has 0 radical (unpaired) electrons. The summed E-state index contributed by atoms with van der Waals surface area (Å²) in [5, 5.41) is 0. The van der Waals surface area contributed by atoms with Crippen molar-refractivity contribution in [2.75, 3.05) is 0 Å². The normalized spacial score (nSPS) is 29.4. The van der Waals surface area contributed by atoms with Crippen LogP contribution >= 0.6 is 0 Å². The van der Waals surface area contributed by atoms with Crippen LogP contribution in [0.5, 0.6) is 0 Å². The number of hydrogen-bond acceptors (Lipinski definition) is 0. The maximum Gasteiger partial charge on any atom is 0.00977 e. The number of allylic oxidation sites excluding steroid dienone is 5. The third-order valence-electron chi connectivity index (χ3n) is 4.94. The Bertz CT molecular complexity index is 381. The lowest BCUT2D eigenvalue weighted by Gasteiger charge is -2.44. The van der Waals surface area contributed by atoms with E-state index in [9.17, 15) is 0 Å². The van der Waals surface area contributed by atoms with Gasteiger partial charge in [-0.1, -0.05) is 35.3 Å². The van der Waals surface area contributed by atoms with E-state index in [1.54, 1.807) is 22.3 Å². The zero-order valence-corrected chi connectivity index (χ0v) is 11.7. The third-order valence-corrected chi connectivity index (χ3v) is 4.94. The molecule has 0 spiro atoms. The van der Waals surface area contributed by atoms with Crippen LogP contribution < -0.4 is 0 Å². The fourth-order valence-corrected chi connectivity index (χ4v) is 3.97. The summed E-state index contributed by atoms with van der Waals surface area (Å²) in [6.45, 7) is 11.1. The molecule has 2 aliphatic rings. The number of rotatable bonds is 3. The molecule has 0 heteroatoms. The van der Waals surface area contributed by atoms with E-state index in [2.05, 4.69) is 33.4 Å². The van der Waals surface area contributed by atoms with E-state index in [4.69, 9.17) is 0 Å². The van der Waals surface area contributed by atoms with Gasteiger partial charge in [0.25, 0.3) is 0 Å². The Labute approximate surface area is 106 Å². The molecule has 0 N–H and O–H groups in total. The van der Waals surface area contributed by atoms with Gasteiger partial charge < -0.3 is 0 Å². The monoisotopic (exact) mass is 230 g/mol. The summed E-state index contributed by atoms with van der Waals surface area (Å²) in [7, 11) is 0. The second-order valence-electron chi connectivity index (χ2n) is 6.03. The van der Waals surface area contributed by atoms with Crippen molar-refractivity contribution >= 4 is 0 Å². The first-order chi connectivity index (χ1) is 8.09. The number of fused-ring (bicyclic) bond motifs is 1. The second kappa shape index (κ2) is 4.84. The van der Waals surface area contributed by atoms with E-state index in [0.29, 0.717) is 5.41 Å². The zero-order valence-electron chi connectivity index (χ0n) is 11.7. The van der Waals surface area contributed by atoms with Gasteiger partial charge in [-0.15, -0.1) is 6.58 Å². The molecule has 0 saturated heterocycles. The van der Waals surface area contributed by atoms with Gasteiger partial charge >= 0.3 is 0 Å². The molecule has 0 heterocycles. The molecular formula is C17H26. The van der Waals surface area contributed by atoms with Crippen molar-refractivity contribution in [3.8, 4) is 0 Å². The standard InChI is InChI=1S/C17H26/c1-5-6-9-15-14(3)10-11-16-13(2)8-7-12-17(15,16)4/h5H,1,6-12H2,2-4H3. The van der Waals surface area contributed by atoms with Crippen LogP contribution in [0.2, 0.25) is 0 Å². The van der Waals surface area contributed by atoms with Crippen LogP contribution in [-0.2, 0) is 0 Å². The molecule has 0 bridgehead atoms. The van der Waals surface area contributed by atoms with Gasteiger partial charge in [0, 0.05) is 5.41 Å². The fourth-order valence-electron chi connectivity index (χ4n) is 3.97. The molecule has 0 aromatic rings. The van der Waals surface area contributed by atoms with E-state index in [1.807, 2.05) is 0 Å². The van der Waals surface area contributed by atoms with Crippen LogP contribution in [0.4, 0.5) is 0 Å². The summed E-state index contributed by atoms with van der Waals surface area (Å²) < 4.78 is 0. The maximum atomic E-state index is 3.88. The predicted octanol–water partition coefficient (Wildman–Crippen LogP) is 5.57. The summed E-state index contributed by atoms with van der Waals surface area (Å²) in [4.78, 5) is 0. The first kappa shape index (κ1) is 12.7. The van der Waals surface area contributed by atoms with E-state index in [0.717, 1.165) is 6.42 Å². The van der Waals surface area contributed by atoms with Gasteiger partial charge in [-0.25, -0.2) is 0 Å². The maximum absolute atomic E-state index is 3.88. The first-order valence-corrected chi connectivity index (χ1v) is 7.08. The molecule has 0 aromatic heterocycles. The van der Waals surface area contributed by atoms with E-state index >= 15 is 0 Å². The molecule has 0 nitrogen and oxygen atoms in total.